The van der Waals surface area contributed by atoms with Crippen molar-refractivity contribution in [2.45, 2.75) is 45.2 Å². The topological polar surface area (TPSA) is 251 Å². The zero-order valence-electron chi connectivity index (χ0n) is 37.4. The number of fused-ring (bicyclic) bond motifs is 2. The third-order valence-corrected chi connectivity index (χ3v) is 10.6. The summed E-state index contributed by atoms with van der Waals surface area (Å²) in [7, 11) is 0. The molecule has 0 spiro atoms. The van der Waals surface area contributed by atoms with Gasteiger partial charge in [0.2, 0.25) is 23.7 Å². The maximum atomic E-state index is 13.2. The highest BCUT2D eigenvalue weighted by Crippen LogP contribution is 2.32. The summed E-state index contributed by atoms with van der Waals surface area (Å²) in [6.45, 7) is 7.79. The van der Waals surface area contributed by atoms with Gasteiger partial charge in [0.15, 0.2) is 0 Å². The molecule has 0 aliphatic carbocycles. The van der Waals surface area contributed by atoms with Gasteiger partial charge in [0.1, 0.15) is 11.7 Å². The van der Waals surface area contributed by atoms with Crippen LogP contribution >= 0.6 is 0 Å². The number of aryl methyl sites for hydroxylation is 1. The highest BCUT2D eigenvalue weighted by molar-refractivity contribution is 6.25. The minimum absolute atomic E-state index is 0.0580. The lowest BCUT2D eigenvalue weighted by Crippen LogP contribution is -2.54. The number of piperidine rings is 1. The second-order valence-corrected chi connectivity index (χ2v) is 15.4. The Bertz CT molecular complexity index is 2460. The average Bonchev–Trinajstić information content (AvgIpc) is 4.06. The van der Waals surface area contributed by atoms with E-state index in [1.54, 1.807) is 18.2 Å². The number of amides is 5. The molecule has 21 heteroatoms. The van der Waals surface area contributed by atoms with Crippen LogP contribution in [0.25, 0.3) is 22.3 Å². The SMILES string of the molecule is CCCn1cc(-c2nc(Nc3ccc(NC(=O)CCOCCOCCOCCOCCOCCOCCNc4cccc5c4C(=O)N(C4CCC(=O)NC4=O)C5=O)cc3)nc3[nH]ccc23)cn1. The Labute approximate surface area is 386 Å². The number of hydrogen-bond donors (Lipinski definition) is 5. The van der Waals surface area contributed by atoms with Crippen LogP contribution in [-0.4, -0.2) is 151 Å². The van der Waals surface area contributed by atoms with Crippen LogP contribution in [0.3, 0.4) is 0 Å². The van der Waals surface area contributed by atoms with Gasteiger partial charge in [0.05, 0.1) is 109 Å². The number of ether oxygens (including phenoxy) is 6. The van der Waals surface area contributed by atoms with Crippen molar-refractivity contribution in [2.75, 3.05) is 102 Å². The molecule has 5 aromatic rings. The van der Waals surface area contributed by atoms with Crippen LogP contribution < -0.4 is 21.3 Å². The summed E-state index contributed by atoms with van der Waals surface area (Å²) in [5.41, 5.74) is 4.72. The molecule has 5 heterocycles. The minimum atomic E-state index is -1.02. The molecule has 0 radical (unpaired) electrons. The number of hydrogen-bond acceptors (Lipinski definition) is 16. The Morgan fingerprint density at radius 3 is 2.10 bits per heavy atom. The molecule has 2 aromatic carbocycles. The number of anilines is 4. The molecule has 67 heavy (non-hydrogen) atoms. The molecule has 3 aromatic heterocycles. The Balaban J connectivity index is 0.644. The van der Waals surface area contributed by atoms with Gasteiger partial charge >= 0.3 is 0 Å². The summed E-state index contributed by atoms with van der Waals surface area (Å²) < 4.78 is 35.2. The number of aromatic amines is 1. The van der Waals surface area contributed by atoms with Crippen LogP contribution in [0.4, 0.5) is 23.0 Å². The van der Waals surface area contributed by atoms with Crippen molar-refractivity contribution in [3.05, 3.63) is 78.2 Å². The van der Waals surface area contributed by atoms with E-state index in [0.29, 0.717) is 102 Å². The third-order valence-electron chi connectivity index (χ3n) is 10.6. The number of benzene rings is 2. The number of imide groups is 2. The summed E-state index contributed by atoms with van der Waals surface area (Å²) in [6, 6.07) is 13.1. The van der Waals surface area contributed by atoms with E-state index < -0.39 is 29.7 Å². The highest BCUT2D eigenvalue weighted by Gasteiger charge is 2.45. The van der Waals surface area contributed by atoms with Gasteiger partial charge in [0.25, 0.3) is 11.8 Å². The Hall–Kier alpha value is -6.62. The summed E-state index contributed by atoms with van der Waals surface area (Å²) in [5, 5.41) is 16.8. The van der Waals surface area contributed by atoms with E-state index in [2.05, 4.69) is 43.3 Å². The molecule has 21 nitrogen and oxygen atoms in total. The van der Waals surface area contributed by atoms with Crippen molar-refractivity contribution in [1.82, 2.24) is 34.9 Å². The van der Waals surface area contributed by atoms with Gasteiger partial charge in [-0.3, -0.25) is 38.9 Å². The van der Waals surface area contributed by atoms with Crippen molar-refractivity contribution >= 4 is 63.6 Å². The summed E-state index contributed by atoms with van der Waals surface area (Å²) in [4.78, 5) is 76.1. The Morgan fingerprint density at radius 2 is 1.43 bits per heavy atom. The van der Waals surface area contributed by atoms with Crippen LogP contribution in [0.15, 0.2) is 67.1 Å². The highest BCUT2D eigenvalue weighted by atomic mass is 16.6. The molecule has 356 valence electrons. The summed E-state index contributed by atoms with van der Waals surface area (Å²) in [6.07, 6.45) is 6.98. The number of nitrogens with one attached hydrogen (secondary N) is 5. The predicted octanol–water partition coefficient (Wildman–Crippen LogP) is 3.92. The van der Waals surface area contributed by atoms with Crippen molar-refractivity contribution in [2.24, 2.45) is 0 Å². The molecular formula is C46H56N10O11. The molecule has 1 unspecified atom stereocenters. The lowest BCUT2D eigenvalue weighted by atomic mass is 10.0. The second-order valence-electron chi connectivity index (χ2n) is 15.4. The van der Waals surface area contributed by atoms with Crippen LogP contribution in [0, 0.1) is 0 Å². The van der Waals surface area contributed by atoms with Crippen LogP contribution in [0.5, 0.6) is 0 Å². The first-order chi connectivity index (χ1) is 32.8. The first kappa shape index (κ1) is 48.3. The zero-order valence-corrected chi connectivity index (χ0v) is 37.4. The van der Waals surface area contributed by atoms with Crippen molar-refractivity contribution in [3.63, 3.8) is 0 Å². The first-order valence-electron chi connectivity index (χ1n) is 22.4. The maximum absolute atomic E-state index is 13.2. The summed E-state index contributed by atoms with van der Waals surface area (Å²) >= 11 is 0. The molecular weight excluding hydrogens is 869 g/mol. The molecule has 1 atom stereocenters. The lowest BCUT2D eigenvalue weighted by molar-refractivity contribution is -0.136. The van der Waals surface area contributed by atoms with Gasteiger partial charge < -0.3 is 49.4 Å². The van der Waals surface area contributed by atoms with E-state index >= 15 is 0 Å². The van der Waals surface area contributed by atoms with Crippen molar-refractivity contribution in [1.29, 1.82) is 0 Å². The molecule has 1 fully saturated rings. The van der Waals surface area contributed by atoms with Crippen LogP contribution in [0.1, 0.15) is 53.3 Å². The van der Waals surface area contributed by atoms with E-state index in [9.17, 15) is 24.0 Å². The average molecular weight is 925 g/mol. The van der Waals surface area contributed by atoms with E-state index in [0.717, 1.165) is 40.2 Å². The quantitative estimate of drug-likeness (QED) is 0.0337. The molecule has 0 saturated carbocycles. The smallest absolute Gasteiger partial charge is 0.264 e. The predicted molar refractivity (Wildman–Crippen MR) is 245 cm³/mol. The van der Waals surface area contributed by atoms with Crippen LogP contribution in [-0.2, 0) is 49.3 Å². The number of aromatic nitrogens is 5. The van der Waals surface area contributed by atoms with Crippen LogP contribution in [0.2, 0.25) is 0 Å². The Morgan fingerprint density at radius 1 is 0.776 bits per heavy atom. The molecule has 5 N–H and O–H groups in total. The van der Waals surface area contributed by atoms with Gasteiger partial charge in [0, 0.05) is 59.9 Å². The monoisotopic (exact) mass is 924 g/mol. The number of carbonyl (C=O) groups excluding carboxylic acids is 5. The largest absolute Gasteiger partial charge is 0.382 e. The van der Waals surface area contributed by atoms with Gasteiger partial charge in [-0.2, -0.15) is 10.1 Å². The zero-order chi connectivity index (χ0) is 46.8. The van der Waals surface area contributed by atoms with Gasteiger partial charge in [-0.25, -0.2) is 4.98 Å². The molecule has 1 saturated heterocycles. The molecule has 5 amide bonds. The van der Waals surface area contributed by atoms with E-state index in [4.69, 9.17) is 33.4 Å². The fourth-order valence-corrected chi connectivity index (χ4v) is 7.33. The number of H-pyrrole nitrogens is 1. The van der Waals surface area contributed by atoms with Gasteiger partial charge in [-0.05, 0) is 55.3 Å². The third kappa shape index (κ3) is 13.5. The fraction of sp³-hybridized carbons (Fsp3) is 0.435. The van der Waals surface area contributed by atoms with E-state index in [1.165, 1.54) is 0 Å². The standard InChI is InChI=1S/C46H56N10O11/c1-2-16-55-30-31(29-49-55)41-35-12-14-48-42(35)54-46(53-41)51-33-8-6-32(7-9-33)50-39(58)13-17-62-19-21-64-23-25-66-27-28-67-26-24-65-22-20-63-18-15-47-36-5-3-4-34-40(36)45(61)56(44(34)60)37-10-11-38(57)52-43(37)59/h3-9,12,14,29-30,37,47H,2,10-11,13,15-28H2,1H3,(H,50,58)(H,52,57,59)(H2,48,51,53,54). The number of rotatable bonds is 29. The van der Waals surface area contributed by atoms with E-state index in [1.807, 2.05) is 53.6 Å². The second kappa shape index (κ2) is 24.8. The molecule has 7 rings (SSSR count). The lowest BCUT2D eigenvalue weighted by Gasteiger charge is -2.27. The Kier molecular flexibility index (Phi) is 17.9. The normalized spacial score (nSPS) is 14.8. The molecule has 2 aliphatic rings. The van der Waals surface area contributed by atoms with E-state index in [-0.39, 0.29) is 42.9 Å². The molecule has 0 bridgehead atoms. The van der Waals surface area contributed by atoms with Crippen molar-refractivity contribution < 1.29 is 52.4 Å². The fourth-order valence-electron chi connectivity index (χ4n) is 7.33. The summed E-state index contributed by atoms with van der Waals surface area (Å²) in [5.74, 6) is -1.92. The van der Waals surface area contributed by atoms with Gasteiger partial charge in [-0.1, -0.05) is 13.0 Å². The number of nitrogens with zero attached hydrogens (tertiary/aromatic N) is 5. The molecule has 2 aliphatic heterocycles. The first-order valence-corrected chi connectivity index (χ1v) is 22.4. The minimum Gasteiger partial charge on any atom is -0.382 e. The van der Waals surface area contributed by atoms with Crippen molar-refractivity contribution in [3.8, 4) is 11.3 Å². The number of carbonyl (C=O) groups is 5. The maximum Gasteiger partial charge on any atom is 0.264 e. The van der Waals surface area contributed by atoms with Gasteiger partial charge in [-0.15, -0.1) is 0 Å².